The lowest BCUT2D eigenvalue weighted by Gasteiger charge is -2.23. The molecule has 0 bridgehead atoms. The number of rotatable bonds is 4. The van der Waals surface area contributed by atoms with E-state index in [-0.39, 0.29) is 11.4 Å². The molecule has 0 aromatic carbocycles. The minimum atomic E-state index is -0.354. The molecule has 0 fully saturated rings. The maximum Gasteiger partial charge on any atom is 0.262 e. The average Bonchev–Trinajstić information content (AvgIpc) is 2.64. The van der Waals surface area contributed by atoms with Crippen molar-refractivity contribution in [3.63, 3.8) is 0 Å². The minimum Gasteiger partial charge on any atom is -0.345 e. The SMILES string of the molecule is CCc1ccsc1C(=O)NC(C)(C)CCl. The fourth-order valence-electron chi connectivity index (χ4n) is 1.21. The van der Waals surface area contributed by atoms with Gasteiger partial charge in [-0.15, -0.1) is 22.9 Å². The van der Waals surface area contributed by atoms with Crippen LogP contribution in [0.2, 0.25) is 0 Å². The van der Waals surface area contributed by atoms with Crippen LogP contribution in [0.4, 0.5) is 0 Å². The number of nitrogens with one attached hydrogen (secondary N) is 1. The van der Waals surface area contributed by atoms with Crippen LogP contribution >= 0.6 is 22.9 Å². The molecule has 84 valence electrons. The second-order valence-corrected chi connectivity index (χ2v) is 5.28. The molecule has 15 heavy (non-hydrogen) atoms. The summed E-state index contributed by atoms with van der Waals surface area (Å²) in [6.45, 7) is 5.87. The van der Waals surface area contributed by atoms with Crippen molar-refractivity contribution >= 4 is 28.8 Å². The summed E-state index contributed by atoms with van der Waals surface area (Å²) in [5, 5.41) is 4.87. The first-order chi connectivity index (χ1) is 7.00. The van der Waals surface area contributed by atoms with Gasteiger partial charge in [0.05, 0.1) is 4.88 Å². The van der Waals surface area contributed by atoms with E-state index < -0.39 is 0 Å². The molecule has 1 aromatic rings. The van der Waals surface area contributed by atoms with Gasteiger partial charge in [0.1, 0.15) is 0 Å². The molecular weight excluding hydrogens is 230 g/mol. The van der Waals surface area contributed by atoms with Crippen molar-refractivity contribution in [1.82, 2.24) is 5.32 Å². The third-order valence-corrected chi connectivity index (χ3v) is 3.74. The van der Waals surface area contributed by atoms with Crippen molar-refractivity contribution in [2.45, 2.75) is 32.7 Å². The number of hydrogen-bond acceptors (Lipinski definition) is 2. The normalized spacial score (nSPS) is 11.5. The van der Waals surface area contributed by atoms with Gasteiger partial charge in [-0.1, -0.05) is 6.92 Å². The summed E-state index contributed by atoms with van der Waals surface area (Å²) in [6.07, 6.45) is 0.882. The summed E-state index contributed by atoms with van der Waals surface area (Å²) in [5.74, 6) is 0.387. The Morgan fingerprint density at radius 3 is 2.80 bits per heavy atom. The van der Waals surface area contributed by atoms with Gasteiger partial charge in [0.2, 0.25) is 0 Å². The molecule has 0 saturated carbocycles. The second-order valence-electron chi connectivity index (χ2n) is 4.10. The number of carbonyl (C=O) groups excluding carboxylic acids is 1. The third kappa shape index (κ3) is 3.21. The van der Waals surface area contributed by atoms with E-state index in [1.54, 1.807) is 0 Å². The molecule has 0 aliphatic carbocycles. The van der Waals surface area contributed by atoms with Crippen molar-refractivity contribution < 1.29 is 4.79 Å². The highest BCUT2D eigenvalue weighted by molar-refractivity contribution is 7.12. The predicted octanol–water partition coefficient (Wildman–Crippen LogP) is 3.06. The Kier molecular flexibility index (Phi) is 4.17. The van der Waals surface area contributed by atoms with E-state index in [1.165, 1.54) is 11.3 Å². The first kappa shape index (κ1) is 12.5. The van der Waals surface area contributed by atoms with E-state index in [9.17, 15) is 4.79 Å². The zero-order chi connectivity index (χ0) is 11.5. The van der Waals surface area contributed by atoms with Crippen molar-refractivity contribution in [2.24, 2.45) is 0 Å². The maximum atomic E-state index is 11.9. The van der Waals surface area contributed by atoms with Crippen molar-refractivity contribution in [3.05, 3.63) is 21.9 Å². The second kappa shape index (κ2) is 4.99. The standard InChI is InChI=1S/C11H16ClNOS/c1-4-8-5-6-15-9(8)10(14)13-11(2,3)7-12/h5-6H,4,7H2,1-3H3,(H,13,14). The smallest absolute Gasteiger partial charge is 0.262 e. The molecule has 0 atom stereocenters. The molecule has 0 saturated heterocycles. The van der Waals surface area contributed by atoms with E-state index >= 15 is 0 Å². The first-order valence-electron chi connectivity index (χ1n) is 4.95. The Balaban J connectivity index is 2.78. The number of aryl methyl sites for hydroxylation is 1. The molecule has 1 heterocycles. The van der Waals surface area contributed by atoms with E-state index in [1.807, 2.05) is 32.2 Å². The minimum absolute atomic E-state index is 0.0208. The lowest BCUT2D eigenvalue weighted by Crippen LogP contribution is -2.44. The van der Waals surface area contributed by atoms with Crippen molar-refractivity contribution in [3.8, 4) is 0 Å². The molecule has 1 amide bonds. The molecule has 4 heteroatoms. The Morgan fingerprint density at radius 1 is 1.60 bits per heavy atom. The van der Waals surface area contributed by atoms with Crippen molar-refractivity contribution in [2.75, 3.05) is 5.88 Å². The summed E-state index contributed by atoms with van der Waals surface area (Å²) < 4.78 is 0. The monoisotopic (exact) mass is 245 g/mol. The number of amides is 1. The Labute approximate surface area is 99.6 Å². The largest absolute Gasteiger partial charge is 0.345 e. The van der Waals surface area contributed by atoms with Gasteiger partial charge in [0, 0.05) is 11.4 Å². The van der Waals surface area contributed by atoms with Crippen LogP contribution in [0.1, 0.15) is 36.0 Å². The molecule has 1 aromatic heterocycles. The van der Waals surface area contributed by atoms with E-state index in [0.717, 1.165) is 16.9 Å². The first-order valence-corrected chi connectivity index (χ1v) is 6.36. The highest BCUT2D eigenvalue weighted by Gasteiger charge is 2.21. The summed E-state index contributed by atoms with van der Waals surface area (Å²) in [6, 6.07) is 1.99. The van der Waals surface area contributed by atoms with Crippen LogP contribution in [-0.2, 0) is 6.42 Å². The van der Waals surface area contributed by atoms with Gasteiger partial charge in [-0.05, 0) is 37.3 Å². The zero-order valence-corrected chi connectivity index (χ0v) is 10.8. The fourth-order valence-corrected chi connectivity index (χ4v) is 2.17. The van der Waals surface area contributed by atoms with Crippen LogP contribution in [0.15, 0.2) is 11.4 Å². The van der Waals surface area contributed by atoms with Gasteiger partial charge in [-0.25, -0.2) is 0 Å². The lowest BCUT2D eigenvalue weighted by atomic mass is 10.1. The molecule has 0 radical (unpaired) electrons. The number of halogens is 1. The topological polar surface area (TPSA) is 29.1 Å². The van der Waals surface area contributed by atoms with Gasteiger partial charge in [-0.3, -0.25) is 4.79 Å². The average molecular weight is 246 g/mol. The highest BCUT2D eigenvalue weighted by atomic mass is 35.5. The van der Waals surface area contributed by atoms with Crippen LogP contribution in [0.5, 0.6) is 0 Å². The van der Waals surface area contributed by atoms with Crippen LogP contribution in [-0.4, -0.2) is 17.3 Å². The lowest BCUT2D eigenvalue weighted by molar-refractivity contribution is 0.0924. The van der Waals surface area contributed by atoms with Gasteiger partial charge in [0.15, 0.2) is 0 Å². The molecule has 1 N–H and O–H groups in total. The molecule has 0 spiro atoms. The van der Waals surface area contributed by atoms with Gasteiger partial charge in [0.25, 0.3) is 5.91 Å². The fraction of sp³-hybridized carbons (Fsp3) is 0.545. The quantitative estimate of drug-likeness (QED) is 0.812. The van der Waals surface area contributed by atoms with E-state index in [2.05, 4.69) is 5.32 Å². The summed E-state index contributed by atoms with van der Waals surface area (Å²) in [4.78, 5) is 12.7. The Bertz CT molecular complexity index is 346. The van der Waals surface area contributed by atoms with E-state index in [0.29, 0.717) is 5.88 Å². The van der Waals surface area contributed by atoms with Gasteiger partial charge >= 0.3 is 0 Å². The predicted molar refractivity (Wildman–Crippen MR) is 66.0 cm³/mol. The number of carbonyl (C=O) groups is 1. The number of thiophene rings is 1. The molecule has 2 nitrogen and oxygen atoms in total. The van der Waals surface area contributed by atoms with Gasteiger partial charge in [-0.2, -0.15) is 0 Å². The van der Waals surface area contributed by atoms with Crippen LogP contribution in [0.3, 0.4) is 0 Å². The summed E-state index contributed by atoms with van der Waals surface area (Å²) >= 11 is 7.24. The van der Waals surface area contributed by atoms with E-state index in [4.69, 9.17) is 11.6 Å². The zero-order valence-electron chi connectivity index (χ0n) is 9.26. The number of hydrogen-bond donors (Lipinski definition) is 1. The molecule has 0 aliphatic rings. The Hall–Kier alpha value is -0.540. The maximum absolute atomic E-state index is 11.9. The highest BCUT2D eigenvalue weighted by Crippen LogP contribution is 2.18. The summed E-state index contributed by atoms with van der Waals surface area (Å²) in [5.41, 5.74) is 0.746. The summed E-state index contributed by atoms with van der Waals surface area (Å²) in [7, 11) is 0. The van der Waals surface area contributed by atoms with Crippen molar-refractivity contribution in [1.29, 1.82) is 0 Å². The molecular formula is C11H16ClNOS. The molecule has 0 aliphatic heterocycles. The molecule has 1 rings (SSSR count). The molecule has 0 unspecified atom stereocenters. The van der Waals surface area contributed by atoms with Gasteiger partial charge < -0.3 is 5.32 Å². The van der Waals surface area contributed by atoms with Crippen LogP contribution in [0, 0.1) is 0 Å². The third-order valence-electron chi connectivity index (χ3n) is 2.12. The Morgan fingerprint density at radius 2 is 2.27 bits per heavy atom. The van der Waals surface area contributed by atoms with Crippen LogP contribution < -0.4 is 5.32 Å². The van der Waals surface area contributed by atoms with Crippen LogP contribution in [0.25, 0.3) is 0 Å². The number of alkyl halides is 1.